The van der Waals surface area contributed by atoms with Crippen molar-refractivity contribution >= 4 is 17.5 Å². The van der Waals surface area contributed by atoms with E-state index in [1.807, 2.05) is 51.1 Å². The Bertz CT molecular complexity index is 1120. The third-order valence-electron chi connectivity index (χ3n) is 5.64. The highest BCUT2D eigenvalue weighted by Crippen LogP contribution is 2.18. The average molecular weight is 449 g/mol. The molecule has 3 rings (SSSR count). The number of aromatic nitrogens is 2. The van der Waals surface area contributed by atoms with Crippen LogP contribution in [0.2, 0.25) is 0 Å². The van der Waals surface area contributed by atoms with Crippen LogP contribution < -0.4 is 10.1 Å². The van der Waals surface area contributed by atoms with Crippen molar-refractivity contribution in [1.29, 1.82) is 0 Å². The van der Waals surface area contributed by atoms with Gasteiger partial charge < -0.3 is 14.6 Å². The van der Waals surface area contributed by atoms with Gasteiger partial charge in [-0.2, -0.15) is 0 Å². The number of aryl methyl sites for hydroxylation is 3. The van der Waals surface area contributed by atoms with Gasteiger partial charge in [-0.25, -0.2) is 4.98 Å². The molecule has 0 unspecified atom stereocenters. The summed E-state index contributed by atoms with van der Waals surface area (Å²) in [5, 5.41) is 2.78. The Morgan fingerprint density at radius 1 is 1.06 bits per heavy atom. The number of nitrogens with one attached hydrogen (secondary N) is 1. The number of carbonyl (C=O) groups excluding carboxylic acids is 2. The van der Waals surface area contributed by atoms with Crippen molar-refractivity contribution in [3.63, 3.8) is 0 Å². The van der Waals surface area contributed by atoms with Crippen LogP contribution in [0.1, 0.15) is 33.0 Å². The van der Waals surface area contributed by atoms with Gasteiger partial charge in [-0.15, -0.1) is 0 Å². The summed E-state index contributed by atoms with van der Waals surface area (Å²) in [4.78, 5) is 31.3. The van der Waals surface area contributed by atoms with Gasteiger partial charge in [0.25, 0.3) is 0 Å². The number of ketones is 1. The molecule has 0 radical (unpaired) electrons. The number of hydrogen-bond acceptors (Lipinski definition) is 5. The number of amides is 1. The van der Waals surface area contributed by atoms with Crippen molar-refractivity contribution < 1.29 is 14.3 Å². The lowest BCUT2D eigenvalue weighted by molar-refractivity contribution is -0.116. The Morgan fingerprint density at radius 2 is 1.79 bits per heavy atom. The summed E-state index contributed by atoms with van der Waals surface area (Å²) in [6.07, 6.45) is 0.862. The van der Waals surface area contributed by atoms with E-state index >= 15 is 0 Å². The fourth-order valence-electron chi connectivity index (χ4n) is 3.89. The molecule has 0 spiro atoms. The number of Topliss-reactive ketones (excluding diaryl/α,β-unsaturated/α-hetero) is 1. The maximum absolute atomic E-state index is 13.0. The zero-order chi connectivity index (χ0) is 24.0. The number of carbonyl (C=O) groups is 2. The second-order valence-electron chi connectivity index (χ2n) is 8.34. The topological polar surface area (TPSA) is 76.5 Å². The van der Waals surface area contributed by atoms with Crippen LogP contribution in [0.25, 0.3) is 0 Å². The second-order valence-corrected chi connectivity index (χ2v) is 8.34. The average Bonchev–Trinajstić information content (AvgIpc) is 3.06. The zero-order valence-corrected chi connectivity index (χ0v) is 20.0. The fourth-order valence-corrected chi connectivity index (χ4v) is 3.89. The monoisotopic (exact) mass is 448 g/mol. The lowest BCUT2D eigenvalue weighted by Gasteiger charge is -2.15. The Hall–Kier alpha value is -3.45. The molecule has 1 amide bonds. The first kappa shape index (κ1) is 24.2. The van der Waals surface area contributed by atoms with E-state index in [1.165, 1.54) is 5.56 Å². The van der Waals surface area contributed by atoms with E-state index in [2.05, 4.69) is 27.0 Å². The largest absolute Gasteiger partial charge is 0.497 e. The molecule has 0 aliphatic heterocycles. The third-order valence-corrected chi connectivity index (χ3v) is 5.64. The molecule has 7 nitrogen and oxygen atoms in total. The van der Waals surface area contributed by atoms with Crippen molar-refractivity contribution in [1.82, 2.24) is 14.5 Å². The Labute approximate surface area is 195 Å². The van der Waals surface area contributed by atoms with Gasteiger partial charge in [-0.1, -0.05) is 18.2 Å². The van der Waals surface area contributed by atoms with Crippen molar-refractivity contribution in [2.24, 2.45) is 0 Å². The molecule has 2 aromatic heterocycles. The number of pyridine rings is 1. The lowest BCUT2D eigenvalue weighted by atomic mass is 10.1. The molecular weight excluding hydrogens is 416 g/mol. The number of ether oxygens (including phenoxy) is 1. The number of benzene rings is 1. The highest BCUT2D eigenvalue weighted by Gasteiger charge is 2.18. The van der Waals surface area contributed by atoms with E-state index in [0.29, 0.717) is 11.4 Å². The first-order chi connectivity index (χ1) is 15.8. The second kappa shape index (κ2) is 10.9. The SMILES string of the molecule is COc1ccc(CCn2c(C)cc(C(=O)CN(C)CC(=O)Nc3cccc(C)n3)c2C)cc1. The molecule has 2 heterocycles. The van der Waals surface area contributed by atoms with Gasteiger partial charge in [0.15, 0.2) is 5.78 Å². The zero-order valence-electron chi connectivity index (χ0n) is 20.0. The predicted molar refractivity (Wildman–Crippen MR) is 130 cm³/mol. The van der Waals surface area contributed by atoms with Crippen molar-refractivity contribution in [3.05, 3.63) is 76.7 Å². The molecule has 3 aromatic rings. The fraction of sp³-hybridized carbons (Fsp3) is 0.346. The summed E-state index contributed by atoms with van der Waals surface area (Å²) < 4.78 is 7.39. The van der Waals surface area contributed by atoms with Gasteiger partial charge >= 0.3 is 0 Å². The lowest BCUT2D eigenvalue weighted by Crippen LogP contribution is -2.34. The number of anilines is 1. The number of likely N-dealkylation sites (N-methyl/N-ethyl adjacent to an activating group) is 1. The summed E-state index contributed by atoms with van der Waals surface area (Å²) in [6, 6.07) is 15.4. The van der Waals surface area contributed by atoms with Crippen LogP contribution in [0.3, 0.4) is 0 Å². The molecule has 0 aliphatic rings. The molecule has 0 bridgehead atoms. The molecular formula is C26H32N4O3. The van der Waals surface area contributed by atoms with E-state index in [-0.39, 0.29) is 24.8 Å². The first-order valence-corrected chi connectivity index (χ1v) is 11.0. The first-order valence-electron chi connectivity index (χ1n) is 11.0. The standard InChI is InChI=1S/C26H32N4O3/c1-18-7-6-8-25(27-18)28-26(32)17-29(4)16-24(31)23-15-19(2)30(20(23)3)14-13-21-9-11-22(33-5)12-10-21/h6-12,15H,13-14,16-17H2,1-5H3,(H,27,28,32). The van der Waals surface area contributed by atoms with E-state index in [1.54, 1.807) is 25.1 Å². The molecule has 174 valence electrons. The minimum atomic E-state index is -0.201. The van der Waals surface area contributed by atoms with Crippen molar-refractivity contribution in [2.45, 2.75) is 33.7 Å². The predicted octanol–water partition coefficient (Wildman–Crippen LogP) is 3.81. The van der Waals surface area contributed by atoms with Crippen molar-refractivity contribution in [2.75, 3.05) is 32.6 Å². The Morgan fingerprint density at radius 3 is 2.45 bits per heavy atom. The summed E-state index contributed by atoms with van der Waals surface area (Å²) in [7, 11) is 3.43. The van der Waals surface area contributed by atoms with E-state index in [9.17, 15) is 9.59 Å². The number of nitrogens with zero attached hydrogens (tertiary/aromatic N) is 3. The maximum Gasteiger partial charge on any atom is 0.239 e. The highest BCUT2D eigenvalue weighted by molar-refractivity contribution is 5.99. The summed E-state index contributed by atoms with van der Waals surface area (Å²) in [5.74, 6) is 1.16. The highest BCUT2D eigenvalue weighted by atomic mass is 16.5. The van der Waals surface area contributed by atoms with Gasteiger partial charge in [0.05, 0.1) is 20.2 Å². The van der Waals surface area contributed by atoms with Gasteiger partial charge in [0.2, 0.25) is 5.91 Å². The third kappa shape index (κ3) is 6.52. The molecule has 0 fully saturated rings. The minimum Gasteiger partial charge on any atom is -0.497 e. The molecule has 0 saturated carbocycles. The van der Waals surface area contributed by atoms with Crippen LogP contribution in [0, 0.1) is 20.8 Å². The van der Waals surface area contributed by atoms with Gasteiger partial charge in [-0.3, -0.25) is 14.5 Å². The van der Waals surface area contributed by atoms with Crippen LogP contribution in [-0.2, 0) is 17.8 Å². The van der Waals surface area contributed by atoms with E-state index < -0.39 is 0 Å². The Kier molecular flexibility index (Phi) is 8.01. The molecule has 1 N–H and O–H groups in total. The molecule has 7 heteroatoms. The molecule has 0 atom stereocenters. The molecule has 33 heavy (non-hydrogen) atoms. The summed E-state index contributed by atoms with van der Waals surface area (Å²) in [5.41, 5.74) is 4.75. The van der Waals surface area contributed by atoms with E-state index in [0.717, 1.165) is 35.8 Å². The smallest absolute Gasteiger partial charge is 0.239 e. The number of hydrogen-bond donors (Lipinski definition) is 1. The summed E-state index contributed by atoms with van der Waals surface area (Å²) >= 11 is 0. The van der Waals surface area contributed by atoms with Crippen LogP contribution in [0.5, 0.6) is 5.75 Å². The van der Waals surface area contributed by atoms with Gasteiger partial charge in [-0.05, 0) is 70.1 Å². The molecule has 0 aliphatic carbocycles. The van der Waals surface area contributed by atoms with Gasteiger partial charge in [0, 0.05) is 29.2 Å². The quantitative estimate of drug-likeness (QED) is 0.477. The van der Waals surface area contributed by atoms with E-state index in [4.69, 9.17) is 4.74 Å². The Balaban J connectivity index is 1.57. The number of methoxy groups -OCH3 is 1. The van der Waals surface area contributed by atoms with Crippen LogP contribution in [0.15, 0.2) is 48.5 Å². The summed E-state index contributed by atoms with van der Waals surface area (Å²) in [6.45, 7) is 6.93. The van der Waals surface area contributed by atoms with Crippen LogP contribution in [0.4, 0.5) is 5.82 Å². The van der Waals surface area contributed by atoms with Gasteiger partial charge in [0.1, 0.15) is 11.6 Å². The normalized spacial score (nSPS) is 11.0. The maximum atomic E-state index is 13.0. The molecule has 0 saturated heterocycles. The molecule has 1 aromatic carbocycles. The number of rotatable bonds is 10. The minimum absolute atomic E-state index is 0.00257. The van der Waals surface area contributed by atoms with Crippen molar-refractivity contribution in [3.8, 4) is 5.75 Å². The van der Waals surface area contributed by atoms with Crippen LogP contribution >= 0.6 is 0 Å². The van der Waals surface area contributed by atoms with Crippen LogP contribution in [-0.4, -0.2) is 53.4 Å².